The van der Waals surface area contributed by atoms with E-state index in [9.17, 15) is 14.4 Å². The summed E-state index contributed by atoms with van der Waals surface area (Å²) in [6.07, 6.45) is 1.19. The smallest absolute Gasteiger partial charge is 0.401 e. The summed E-state index contributed by atoms with van der Waals surface area (Å²) in [5, 5.41) is 0.456. The first kappa shape index (κ1) is 11.4. The van der Waals surface area contributed by atoms with Gasteiger partial charge in [-0.1, -0.05) is 0 Å². The number of imide groups is 1. The SMILES string of the molecule is CC1(C)OC=C(C(=O)ON2C(=O)CCC2=O)O1. The number of rotatable bonds is 2. The Morgan fingerprint density at radius 3 is 2.41 bits per heavy atom. The molecule has 2 amide bonds. The molecule has 7 heteroatoms. The second kappa shape index (κ2) is 3.76. The summed E-state index contributed by atoms with van der Waals surface area (Å²) < 4.78 is 10.1. The molecule has 0 aromatic heterocycles. The van der Waals surface area contributed by atoms with E-state index in [1.54, 1.807) is 13.8 Å². The van der Waals surface area contributed by atoms with E-state index in [2.05, 4.69) is 4.84 Å². The van der Waals surface area contributed by atoms with Gasteiger partial charge in [-0.2, -0.15) is 0 Å². The molecule has 2 aliphatic heterocycles. The van der Waals surface area contributed by atoms with Gasteiger partial charge in [0.25, 0.3) is 11.8 Å². The third kappa shape index (κ3) is 2.22. The monoisotopic (exact) mass is 241 g/mol. The number of ether oxygens (including phenoxy) is 2. The van der Waals surface area contributed by atoms with Crippen LogP contribution in [0.4, 0.5) is 0 Å². The topological polar surface area (TPSA) is 82.1 Å². The maximum Gasteiger partial charge on any atom is 0.401 e. The van der Waals surface area contributed by atoms with E-state index in [1.165, 1.54) is 0 Å². The van der Waals surface area contributed by atoms with Crippen LogP contribution < -0.4 is 0 Å². The Balaban J connectivity index is 1.99. The first-order valence-corrected chi connectivity index (χ1v) is 5.04. The summed E-state index contributed by atoms with van der Waals surface area (Å²) in [4.78, 5) is 38.6. The molecule has 2 aliphatic rings. The van der Waals surface area contributed by atoms with Crippen LogP contribution in [0.15, 0.2) is 12.0 Å². The molecule has 0 radical (unpaired) electrons. The zero-order valence-electron chi connectivity index (χ0n) is 9.39. The number of hydrogen-bond donors (Lipinski definition) is 0. The molecule has 0 unspecified atom stereocenters. The summed E-state index contributed by atoms with van der Waals surface area (Å²) in [6, 6.07) is 0. The lowest BCUT2D eigenvalue weighted by molar-refractivity contribution is -0.199. The van der Waals surface area contributed by atoms with Crippen molar-refractivity contribution in [1.82, 2.24) is 5.06 Å². The quantitative estimate of drug-likeness (QED) is 0.643. The van der Waals surface area contributed by atoms with Gasteiger partial charge in [0.15, 0.2) is 0 Å². The predicted molar refractivity (Wildman–Crippen MR) is 51.5 cm³/mol. The fourth-order valence-electron chi connectivity index (χ4n) is 1.38. The normalized spacial score (nSPS) is 22.0. The van der Waals surface area contributed by atoms with Crippen LogP contribution >= 0.6 is 0 Å². The van der Waals surface area contributed by atoms with Crippen molar-refractivity contribution in [3.63, 3.8) is 0 Å². The minimum Gasteiger partial charge on any atom is -0.456 e. The van der Waals surface area contributed by atoms with Gasteiger partial charge in [-0.3, -0.25) is 9.59 Å². The summed E-state index contributed by atoms with van der Waals surface area (Å²) in [5.41, 5.74) is 0. The van der Waals surface area contributed by atoms with Crippen LogP contribution in [0.25, 0.3) is 0 Å². The largest absolute Gasteiger partial charge is 0.456 e. The zero-order chi connectivity index (χ0) is 12.6. The maximum absolute atomic E-state index is 11.5. The lowest BCUT2D eigenvalue weighted by Crippen LogP contribution is -2.33. The van der Waals surface area contributed by atoms with Crippen molar-refractivity contribution >= 4 is 17.8 Å². The predicted octanol–water partition coefficient (Wildman–Crippen LogP) is 0.218. The van der Waals surface area contributed by atoms with Crippen molar-refractivity contribution in [1.29, 1.82) is 0 Å². The highest BCUT2D eigenvalue weighted by Crippen LogP contribution is 2.25. The Bertz CT molecular complexity index is 409. The lowest BCUT2D eigenvalue weighted by atomic mass is 10.4. The van der Waals surface area contributed by atoms with Crippen molar-refractivity contribution in [2.45, 2.75) is 32.5 Å². The Hall–Kier alpha value is -2.05. The molecule has 7 nitrogen and oxygen atoms in total. The number of hydrogen-bond acceptors (Lipinski definition) is 6. The molecular formula is C10H11NO6. The Kier molecular flexibility index (Phi) is 2.53. The van der Waals surface area contributed by atoms with Crippen LogP contribution in [0.5, 0.6) is 0 Å². The first-order chi connectivity index (χ1) is 7.89. The van der Waals surface area contributed by atoms with E-state index in [4.69, 9.17) is 9.47 Å². The van der Waals surface area contributed by atoms with E-state index in [-0.39, 0.29) is 18.6 Å². The molecule has 92 valence electrons. The first-order valence-electron chi connectivity index (χ1n) is 5.04. The molecule has 2 rings (SSSR count). The van der Waals surface area contributed by atoms with E-state index < -0.39 is 23.6 Å². The molecule has 0 aromatic carbocycles. The Morgan fingerprint density at radius 2 is 1.94 bits per heavy atom. The van der Waals surface area contributed by atoms with Gasteiger partial charge in [-0.15, -0.1) is 5.06 Å². The van der Waals surface area contributed by atoms with Crippen LogP contribution in [0.3, 0.4) is 0 Å². The van der Waals surface area contributed by atoms with Crippen LogP contribution in [0.1, 0.15) is 26.7 Å². The molecule has 1 fully saturated rings. The molecule has 0 atom stereocenters. The van der Waals surface area contributed by atoms with E-state index >= 15 is 0 Å². The average molecular weight is 241 g/mol. The van der Waals surface area contributed by atoms with Gasteiger partial charge in [0.2, 0.25) is 11.5 Å². The number of amides is 2. The van der Waals surface area contributed by atoms with Gasteiger partial charge in [-0.05, 0) is 0 Å². The molecule has 0 N–H and O–H groups in total. The second-order valence-electron chi connectivity index (χ2n) is 4.06. The molecule has 0 saturated carbocycles. The highest BCUT2D eigenvalue weighted by Gasteiger charge is 2.37. The van der Waals surface area contributed by atoms with Gasteiger partial charge >= 0.3 is 5.97 Å². The van der Waals surface area contributed by atoms with Crippen LogP contribution in [0, 0.1) is 0 Å². The number of nitrogens with zero attached hydrogens (tertiary/aromatic N) is 1. The molecule has 0 aliphatic carbocycles. The average Bonchev–Trinajstić information content (AvgIpc) is 2.75. The number of carbonyl (C=O) groups excluding carboxylic acids is 3. The maximum atomic E-state index is 11.5. The van der Waals surface area contributed by atoms with Crippen molar-refractivity contribution in [3.05, 3.63) is 12.0 Å². The molecule has 0 aromatic rings. The standard InChI is InChI=1S/C10H11NO6/c1-10(2)15-5-6(16-10)9(14)17-11-7(12)3-4-8(11)13/h5H,3-4H2,1-2H3. The lowest BCUT2D eigenvalue weighted by Gasteiger charge is -2.18. The Morgan fingerprint density at radius 1 is 1.35 bits per heavy atom. The van der Waals surface area contributed by atoms with Gasteiger partial charge in [-0.25, -0.2) is 4.79 Å². The van der Waals surface area contributed by atoms with Crippen molar-refractivity contribution in [2.24, 2.45) is 0 Å². The molecule has 0 spiro atoms. The fraction of sp³-hybridized carbons (Fsp3) is 0.500. The highest BCUT2D eigenvalue weighted by atomic mass is 16.8. The summed E-state index contributed by atoms with van der Waals surface area (Å²) in [5.74, 6) is -3.14. The van der Waals surface area contributed by atoms with Crippen LogP contribution in [-0.4, -0.2) is 28.6 Å². The van der Waals surface area contributed by atoms with Gasteiger partial charge < -0.3 is 14.3 Å². The molecular weight excluding hydrogens is 230 g/mol. The molecule has 0 bridgehead atoms. The molecule has 17 heavy (non-hydrogen) atoms. The van der Waals surface area contributed by atoms with Gasteiger partial charge in [0.05, 0.1) is 0 Å². The third-order valence-corrected chi connectivity index (χ3v) is 2.19. The van der Waals surface area contributed by atoms with Crippen LogP contribution in [-0.2, 0) is 28.7 Å². The summed E-state index contributed by atoms with van der Waals surface area (Å²) >= 11 is 0. The van der Waals surface area contributed by atoms with Crippen molar-refractivity contribution in [3.8, 4) is 0 Å². The number of hydroxylamine groups is 2. The Labute approximate surface area is 96.9 Å². The summed E-state index contributed by atoms with van der Waals surface area (Å²) in [7, 11) is 0. The van der Waals surface area contributed by atoms with Gasteiger partial charge in [0, 0.05) is 26.7 Å². The van der Waals surface area contributed by atoms with Crippen LogP contribution in [0.2, 0.25) is 0 Å². The minimum atomic E-state index is -0.951. The summed E-state index contributed by atoms with van der Waals surface area (Å²) in [6.45, 7) is 3.21. The second-order valence-corrected chi connectivity index (χ2v) is 4.06. The molecule has 1 saturated heterocycles. The van der Waals surface area contributed by atoms with Crippen molar-refractivity contribution < 1.29 is 28.7 Å². The van der Waals surface area contributed by atoms with Crippen molar-refractivity contribution in [2.75, 3.05) is 0 Å². The molecule has 2 heterocycles. The van der Waals surface area contributed by atoms with Gasteiger partial charge in [0.1, 0.15) is 6.26 Å². The zero-order valence-corrected chi connectivity index (χ0v) is 9.39. The highest BCUT2D eigenvalue weighted by molar-refractivity contribution is 6.02. The minimum absolute atomic E-state index is 0.0496. The third-order valence-electron chi connectivity index (χ3n) is 2.19. The van der Waals surface area contributed by atoms with E-state index in [1.807, 2.05) is 0 Å². The van der Waals surface area contributed by atoms with E-state index in [0.717, 1.165) is 6.26 Å². The fourth-order valence-corrected chi connectivity index (χ4v) is 1.38. The number of carbonyl (C=O) groups is 3. The van der Waals surface area contributed by atoms with E-state index in [0.29, 0.717) is 5.06 Å².